The van der Waals surface area contributed by atoms with Gasteiger partial charge in [0.15, 0.2) is 5.79 Å². The molecule has 2 aliphatic rings. The number of hydrogen-bond acceptors (Lipinski definition) is 5. The second kappa shape index (κ2) is 3.85. The van der Waals surface area contributed by atoms with Gasteiger partial charge < -0.3 is 20.1 Å². The third-order valence-electron chi connectivity index (χ3n) is 3.46. The van der Waals surface area contributed by atoms with Gasteiger partial charge in [-0.2, -0.15) is 0 Å². The molecule has 92 valence electrons. The maximum Gasteiger partial charge on any atom is 0.187 e. The lowest BCUT2D eigenvalue weighted by molar-refractivity contribution is -0.137. The zero-order valence-electron chi connectivity index (χ0n) is 9.98. The molecule has 2 N–H and O–H groups in total. The van der Waals surface area contributed by atoms with E-state index < -0.39 is 5.79 Å². The van der Waals surface area contributed by atoms with E-state index >= 15 is 0 Å². The number of aromatic nitrogens is 1. The molecule has 0 unspecified atom stereocenters. The fourth-order valence-corrected chi connectivity index (χ4v) is 2.38. The Labute approximate surface area is 101 Å². The van der Waals surface area contributed by atoms with Crippen molar-refractivity contribution in [1.82, 2.24) is 4.98 Å². The number of nitrogen functional groups attached to an aromatic ring is 1. The molecule has 0 aliphatic carbocycles. The second-order valence-electron chi connectivity index (χ2n) is 4.68. The van der Waals surface area contributed by atoms with Crippen molar-refractivity contribution in [3.8, 4) is 0 Å². The minimum atomic E-state index is -0.401. The van der Waals surface area contributed by atoms with E-state index in [-0.39, 0.29) is 0 Å². The summed E-state index contributed by atoms with van der Waals surface area (Å²) in [6.45, 7) is 4.98. The standard InChI is InChI=1S/C12H17N3O2/c1-9-7-14-11(6-10(9)13)15-3-2-12(8-15)16-4-5-17-12/h6-7H,2-5,8H2,1H3,(H2,13,14). The largest absolute Gasteiger partial charge is 0.398 e. The van der Waals surface area contributed by atoms with Crippen molar-refractivity contribution >= 4 is 11.5 Å². The summed E-state index contributed by atoms with van der Waals surface area (Å²) in [5.41, 5.74) is 7.70. The molecule has 0 radical (unpaired) electrons. The van der Waals surface area contributed by atoms with Crippen molar-refractivity contribution in [3.05, 3.63) is 17.8 Å². The normalized spacial score (nSPS) is 22.5. The van der Waals surface area contributed by atoms with Crippen molar-refractivity contribution in [3.63, 3.8) is 0 Å². The quantitative estimate of drug-likeness (QED) is 0.784. The molecule has 3 heterocycles. The maximum absolute atomic E-state index is 5.90. The van der Waals surface area contributed by atoms with E-state index in [0.29, 0.717) is 13.2 Å². The van der Waals surface area contributed by atoms with E-state index in [2.05, 4.69) is 9.88 Å². The Kier molecular flexibility index (Phi) is 2.45. The van der Waals surface area contributed by atoms with Gasteiger partial charge in [-0.3, -0.25) is 0 Å². The summed E-state index contributed by atoms with van der Waals surface area (Å²) >= 11 is 0. The zero-order valence-corrected chi connectivity index (χ0v) is 9.98. The summed E-state index contributed by atoms with van der Waals surface area (Å²) in [7, 11) is 0. The minimum Gasteiger partial charge on any atom is -0.398 e. The van der Waals surface area contributed by atoms with Crippen molar-refractivity contribution in [2.75, 3.05) is 36.9 Å². The Morgan fingerprint density at radius 1 is 1.41 bits per heavy atom. The topological polar surface area (TPSA) is 60.6 Å². The smallest absolute Gasteiger partial charge is 0.187 e. The van der Waals surface area contributed by atoms with Gasteiger partial charge in [-0.15, -0.1) is 0 Å². The number of nitrogens with zero attached hydrogens (tertiary/aromatic N) is 2. The molecule has 0 atom stereocenters. The molecule has 0 amide bonds. The van der Waals surface area contributed by atoms with E-state index in [9.17, 15) is 0 Å². The highest BCUT2D eigenvalue weighted by Crippen LogP contribution is 2.33. The van der Waals surface area contributed by atoms with Crippen LogP contribution in [0.5, 0.6) is 0 Å². The van der Waals surface area contributed by atoms with Crippen LogP contribution in [0.2, 0.25) is 0 Å². The molecule has 2 aliphatic heterocycles. The molecule has 2 saturated heterocycles. The van der Waals surface area contributed by atoms with Gasteiger partial charge in [0, 0.05) is 30.9 Å². The summed E-state index contributed by atoms with van der Waals surface area (Å²) < 4.78 is 11.4. The fraction of sp³-hybridized carbons (Fsp3) is 0.583. The molecular weight excluding hydrogens is 218 g/mol. The molecule has 1 spiro atoms. The van der Waals surface area contributed by atoms with Gasteiger partial charge in [0.05, 0.1) is 19.8 Å². The fourth-order valence-electron chi connectivity index (χ4n) is 2.38. The monoisotopic (exact) mass is 235 g/mol. The van der Waals surface area contributed by atoms with Crippen LogP contribution in [0, 0.1) is 6.92 Å². The lowest BCUT2D eigenvalue weighted by Crippen LogP contribution is -2.34. The van der Waals surface area contributed by atoms with Gasteiger partial charge in [0.1, 0.15) is 5.82 Å². The molecule has 5 nitrogen and oxygen atoms in total. The van der Waals surface area contributed by atoms with Crippen molar-refractivity contribution in [2.24, 2.45) is 0 Å². The number of rotatable bonds is 1. The van der Waals surface area contributed by atoms with Crippen LogP contribution in [0.15, 0.2) is 12.3 Å². The van der Waals surface area contributed by atoms with Gasteiger partial charge in [-0.25, -0.2) is 4.98 Å². The first-order valence-electron chi connectivity index (χ1n) is 5.94. The number of hydrogen-bond donors (Lipinski definition) is 1. The molecular formula is C12H17N3O2. The van der Waals surface area contributed by atoms with E-state index in [1.165, 1.54) is 0 Å². The third kappa shape index (κ3) is 1.85. The molecule has 1 aromatic rings. The third-order valence-corrected chi connectivity index (χ3v) is 3.46. The molecule has 17 heavy (non-hydrogen) atoms. The van der Waals surface area contributed by atoms with Gasteiger partial charge in [-0.1, -0.05) is 0 Å². The number of aryl methyl sites for hydroxylation is 1. The van der Waals surface area contributed by atoms with Crippen LogP contribution in [-0.2, 0) is 9.47 Å². The highest BCUT2D eigenvalue weighted by molar-refractivity contribution is 5.55. The lowest BCUT2D eigenvalue weighted by Gasteiger charge is -2.23. The summed E-state index contributed by atoms with van der Waals surface area (Å²) in [6, 6.07) is 1.92. The number of nitrogens with two attached hydrogens (primary N) is 1. The van der Waals surface area contributed by atoms with E-state index in [1.54, 1.807) is 0 Å². The number of pyridine rings is 1. The van der Waals surface area contributed by atoms with Crippen LogP contribution in [0.25, 0.3) is 0 Å². The van der Waals surface area contributed by atoms with E-state index in [4.69, 9.17) is 15.2 Å². The summed E-state index contributed by atoms with van der Waals surface area (Å²) in [5, 5.41) is 0. The van der Waals surface area contributed by atoms with Crippen molar-refractivity contribution in [2.45, 2.75) is 19.1 Å². The molecule has 1 aromatic heterocycles. The Hall–Kier alpha value is -1.33. The molecule has 0 aromatic carbocycles. The maximum atomic E-state index is 5.90. The van der Waals surface area contributed by atoms with Crippen LogP contribution < -0.4 is 10.6 Å². The van der Waals surface area contributed by atoms with Crippen LogP contribution in [-0.4, -0.2) is 37.1 Å². The molecule has 0 saturated carbocycles. The minimum absolute atomic E-state index is 0.401. The average Bonchev–Trinajstić information content (AvgIpc) is 2.94. The Morgan fingerprint density at radius 2 is 2.18 bits per heavy atom. The number of ether oxygens (including phenoxy) is 2. The average molecular weight is 235 g/mol. The first-order valence-corrected chi connectivity index (χ1v) is 5.94. The molecule has 2 fully saturated rings. The highest BCUT2D eigenvalue weighted by Gasteiger charge is 2.43. The summed E-state index contributed by atoms with van der Waals surface area (Å²) in [6.07, 6.45) is 2.70. The van der Waals surface area contributed by atoms with E-state index in [1.807, 2.05) is 19.2 Å². The van der Waals surface area contributed by atoms with Gasteiger partial charge >= 0.3 is 0 Å². The van der Waals surface area contributed by atoms with Crippen LogP contribution in [0.1, 0.15) is 12.0 Å². The predicted octanol–water partition coefficient (Wildman–Crippen LogP) is 0.925. The van der Waals surface area contributed by atoms with Crippen LogP contribution in [0.4, 0.5) is 11.5 Å². The summed E-state index contributed by atoms with van der Waals surface area (Å²) in [5.74, 6) is 0.505. The summed E-state index contributed by atoms with van der Waals surface area (Å²) in [4.78, 5) is 6.58. The molecule has 3 rings (SSSR count). The number of anilines is 2. The van der Waals surface area contributed by atoms with Gasteiger partial charge in [0.2, 0.25) is 0 Å². The first-order chi connectivity index (χ1) is 8.19. The van der Waals surface area contributed by atoms with Crippen LogP contribution in [0.3, 0.4) is 0 Å². The molecule has 5 heteroatoms. The van der Waals surface area contributed by atoms with Gasteiger partial charge in [0.25, 0.3) is 0 Å². The van der Waals surface area contributed by atoms with E-state index in [0.717, 1.165) is 36.6 Å². The zero-order chi connectivity index (χ0) is 11.9. The highest BCUT2D eigenvalue weighted by atomic mass is 16.7. The van der Waals surface area contributed by atoms with Crippen molar-refractivity contribution < 1.29 is 9.47 Å². The van der Waals surface area contributed by atoms with Crippen molar-refractivity contribution in [1.29, 1.82) is 0 Å². The molecule has 0 bridgehead atoms. The SMILES string of the molecule is Cc1cnc(N2CCC3(C2)OCCO3)cc1N. The van der Waals surface area contributed by atoms with Crippen LogP contribution >= 0.6 is 0 Å². The van der Waals surface area contributed by atoms with Gasteiger partial charge in [-0.05, 0) is 12.5 Å². The Bertz CT molecular complexity index is 430. The lowest BCUT2D eigenvalue weighted by atomic mass is 10.2. The second-order valence-corrected chi connectivity index (χ2v) is 4.68. The Balaban J connectivity index is 1.79. The Morgan fingerprint density at radius 3 is 2.88 bits per heavy atom. The predicted molar refractivity (Wildman–Crippen MR) is 64.9 cm³/mol. The first kappa shape index (κ1) is 10.8.